The molecule has 1 rings (SSSR count). The van der Waals surface area contributed by atoms with Gasteiger partial charge in [0.1, 0.15) is 11.5 Å². The van der Waals surface area contributed by atoms with Gasteiger partial charge in [-0.2, -0.15) is 5.26 Å². The zero-order valence-corrected chi connectivity index (χ0v) is 8.75. The quantitative estimate of drug-likeness (QED) is 0.291. The van der Waals surface area contributed by atoms with Crippen molar-refractivity contribution < 1.29 is 10.2 Å². The van der Waals surface area contributed by atoms with E-state index in [9.17, 15) is 10.2 Å². The third-order valence-electron chi connectivity index (χ3n) is 1.47. The number of phenols is 2. The third-order valence-corrected chi connectivity index (χ3v) is 2.05. The van der Waals surface area contributed by atoms with Crippen molar-refractivity contribution in [1.29, 1.82) is 5.26 Å². The van der Waals surface area contributed by atoms with E-state index in [0.717, 1.165) is 0 Å². The summed E-state index contributed by atoms with van der Waals surface area (Å²) in [5, 5.41) is 29.5. The number of amidine groups is 1. The minimum absolute atomic E-state index is 0.0776. The molecule has 0 aliphatic carbocycles. The van der Waals surface area contributed by atoms with Crippen molar-refractivity contribution >= 4 is 22.6 Å². The maximum Gasteiger partial charge on any atom is 0.183 e. The second-order valence-electron chi connectivity index (χ2n) is 2.57. The lowest BCUT2D eigenvalue weighted by Crippen LogP contribution is -2.12. The topological polar surface area (TPSA) is 88.6 Å². The summed E-state index contributed by atoms with van der Waals surface area (Å²) in [5.41, 5.74) is 0.375. The van der Waals surface area contributed by atoms with Crippen molar-refractivity contribution in [3.63, 3.8) is 0 Å². The van der Waals surface area contributed by atoms with Crippen LogP contribution in [0.15, 0.2) is 23.2 Å². The van der Waals surface area contributed by atoms with Crippen molar-refractivity contribution in [3.8, 4) is 17.7 Å². The van der Waals surface area contributed by atoms with Crippen molar-refractivity contribution in [3.05, 3.63) is 18.2 Å². The molecule has 15 heavy (non-hydrogen) atoms. The lowest BCUT2D eigenvalue weighted by Gasteiger charge is -2.01. The molecule has 0 bridgehead atoms. The van der Waals surface area contributed by atoms with Crippen LogP contribution in [0.1, 0.15) is 0 Å². The summed E-state index contributed by atoms with van der Waals surface area (Å²) < 4.78 is 0. The minimum Gasteiger partial charge on any atom is -0.508 e. The van der Waals surface area contributed by atoms with Crippen LogP contribution in [-0.2, 0) is 0 Å². The van der Waals surface area contributed by atoms with Crippen LogP contribution in [0.4, 0.5) is 5.69 Å². The molecule has 0 aromatic heterocycles. The first-order valence-electron chi connectivity index (χ1n) is 3.96. The minimum atomic E-state index is -0.0776. The summed E-state index contributed by atoms with van der Waals surface area (Å²) in [6, 6.07) is 3.97. The molecule has 5 nitrogen and oxygen atoms in total. The summed E-state index contributed by atoms with van der Waals surface area (Å²) in [5.74, 6) is -0.155. The normalized spacial score (nSPS) is 10.8. The summed E-state index contributed by atoms with van der Waals surface area (Å²) in [6.45, 7) is 0. The van der Waals surface area contributed by atoms with Crippen LogP contribution in [0.2, 0.25) is 0 Å². The van der Waals surface area contributed by atoms with Crippen LogP contribution in [0.25, 0.3) is 0 Å². The first kappa shape index (κ1) is 11.2. The van der Waals surface area contributed by atoms with Crippen molar-refractivity contribution in [1.82, 2.24) is 5.32 Å². The van der Waals surface area contributed by atoms with Gasteiger partial charge in [-0.25, -0.2) is 4.99 Å². The van der Waals surface area contributed by atoms with Crippen LogP contribution >= 0.6 is 11.8 Å². The molecule has 0 aliphatic rings. The van der Waals surface area contributed by atoms with Crippen LogP contribution in [-0.4, -0.2) is 21.6 Å². The lowest BCUT2D eigenvalue weighted by atomic mass is 10.3. The molecule has 0 heterocycles. The Hall–Kier alpha value is -1.87. The van der Waals surface area contributed by atoms with Crippen LogP contribution in [0, 0.1) is 11.5 Å². The molecular weight excluding hydrogens is 214 g/mol. The molecule has 0 aliphatic heterocycles. The number of thioether (sulfide) groups is 1. The Kier molecular flexibility index (Phi) is 3.83. The average Bonchev–Trinajstić information content (AvgIpc) is 2.15. The van der Waals surface area contributed by atoms with Crippen molar-refractivity contribution in [2.24, 2.45) is 4.99 Å². The first-order valence-corrected chi connectivity index (χ1v) is 5.19. The largest absolute Gasteiger partial charge is 0.508 e. The van der Waals surface area contributed by atoms with E-state index in [-0.39, 0.29) is 11.5 Å². The maximum atomic E-state index is 9.19. The third kappa shape index (κ3) is 3.40. The predicted octanol–water partition coefficient (Wildman–Crippen LogP) is 1.52. The number of nitriles is 1. The van der Waals surface area contributed by atoms with Gasteiger partial charge in [-0.1, -0.05) is 11.8 Å². The summed E-state index contributed by atoms with van der Waals surface area (Å²) in [6.07, 6.45) is 3.50. The van der Waals surface area contributed by atoms with Gasteiger partial charge in [0.05, 0.1) is 5.69 Å². The van der Waals surface area contributed by atoms with Crippen LogP contribution < -0.4 is 5.32 Å². The Balaban J connectivity index is 3.01. The van der Waals surface area contributed by atoms with E-state index >= 15 is 0 Å². The number of phenolic OH excluding ortho intramolecular Hbond substituents is 2. The van der Waals surface area contributed by atoms with E-state index in [2.05, 4.69) is 10.3 Å². The number of aliphatic imine (C=N–C) groups is 1. The highest BCUT2D eigenvalue weighted by molar-refractivity contribution is 8.13. The van der Waals surface area contributed by atoms with Crippen LogP contribution in [0.5, 0.6) is 11.5 Å². The zero-order chi connectivity index (χ0) is 11.3. The molecule has 1 aromatic carbocycles. The van der Waals surface area contributed by atoms with Gasteiger partial charge in [-0.05, 0) is 6.26 Å². The maximum absolute atomic E-state index is 9.19. The van der Waals surface area contributed by atoms with Gasteiger partial charge in [-0.3, -0.25) is 5.32 Å². The highest BCUT2D eigenvalue weighted by atomic mass is 32.2. The predicted molar refractivity (Wildman–Crippen MR) is 59.1 cm³/mol. The molecule has 0 fully saturated rings. The lowest BCUT2D eigenvalue weighted by molar-refractivity contribution is 0.451. The molecule has 0 atom stereocenters. The van der Waals surface area contributed by atoms with Gasteiger partial charge in [0.25, 0.3) is 0 Å². The molecule has 0 unspecified atom stereocenters. The van der Waals surface area contributed by atoms with Gasteiger partial charge in [0, 0.05) is 18.2 Å². The SMILES string of the molecule is CSC(=Nc1cc(O)cc(O)c1)NC#N. The number of hydrogen-bond acceptors (Lipinski definition) is 5. The number of benzene rings is 1. The molecule has 3 N–H and O–H groups in total. The summed E-state index contributed by atoms with van der Waals surface area (Å²) >= 11 is 1.25. The molecule has 0 saturated heterocycles. The monoisotopic (exact) mass is 223 g/mol. The number of nitrogens with one attached hydrogen (secondary N) is 1. The second kappa shape index (κ2) is 5.12. The zero-order valence-electron chi connectivity index (χ0n) is 7.93. The van der Waals surface area contributed by atoms with Gasteiger partial charge in [0.15, 0.2) is 11.4 Å². The van der Waals surface area contributed by atoms with E-state index in [0.29, 0.717) is 10.9 Å². The van der Waals surface area contributed by atoms with E-state index in [1.54, 1.807) is 12.4 Å². The van der Waals surface area contributed by atoms with Crippen molar-refractivity contribution in [2.75, 3.05) is 6.26 Å². The molecule has 0 radical (unpaired) electrons. The molecule has 6 heteroatoms. The van der Waals surface area contributed by atoms with Gasteiger partial charge in [-0.15, -0.1) is 0 Å². The highest BCUT2D eigenvalue weighted by Gasteiger charge is 2.00. The van der Waals surface area contributed by atoms with Gasteiger partial charge < -0.3 is 10.2 Å². The number of nitrogens with zero attached hydrogens (tertiary/aromatic N) is 2. The number of rotatable bonds is 1. The first-order chi connectivity index (χ1) is 7.15. The Bertz CT molecular complexity index is 406. The van der Waals surface area contributed by atoms with E-state index in [1.165, 1.54) is 30.0 Å². The summed E-state index contributed by atoms with van der Waals surface area (Å²) in [4.78, 5) is 4.01. The molecule has 78 valence electrons. The fourth-order valence-corrected chi connectivity index (χ4v) is 1.28. The number of hydrogen-bond donors (Lipinski definition) is 3. The fraction of sp³-hybridized carbons (Fsp3) is 0.111. The Labute approximate surface area is 91.1 Å². The summed E-state index contributed by atoms with van der Waals surface area (Å²) in [7, 11) is 0. The van der Waals surface area contributed by atoms with E-state index < -0.39 is 0 Å². The Morgan fingerprint density at radius 2 is 2.00 bits per heavy atom. The standard InChI is InChI=1S/C9H9N3O2S/c1-15-9(11-5-10)12-6-2-7(13)4-8(14)3-6/h2-4,13-14H,1H3,(H,11,12). The molecule has 0 amide bonds. The van der Waals surface area contributed by atoms with E-state index in [4.69, 9.17) is 5.26 Å². The smallest absolute Gasteiger partial charge is 0.183 e. The van der Waals surface area contributed by atoms with E-state index in [1.807, 2.05) is 0 Å². The molecular formula is C9H9N3O2S. The van der Waals surface area contributed by atoms with Gasteiger partial charge >= 0.3 is 0 Å². The molecule has 0 saturated carbocycles. The highest BCUT2D eigenvalue weighted by Crippen LogP contribution is 2.26. The van der Waals surface area contributed by atoms with Crippen molar-refractivity contribution in [2.45, 2.75) is 0 Å². The Morgan fingerprint density at radius 3 is 2.47 bits per heavy atom. The second-order valence-corrected chi connectivity index (χ2v) is 3.36. The fourth-order valence-electron chi connectivity index (χ4n) is 0.934. The van der Waals surface area contributed by atoms with Crippen LogP contribution in [0.3, 0.4) is 0 Å². The molecule has 0 spiro atoms. The number of aromatic hydroxyl groups is 2. The van der Waals surface area contributed by atoms with Gasteiger partial charge in [0.2, 0.25) is 0 Å². The average molecular weight is 223 g/mol. The Morgan fingerprint density at radius 1 is 1.40 bits per heavy atom. The molecule has 1 aromatic rings.